The lowest BCUT2D eigenvalue weighted by atomic mass is 9.93. The highest BCUT2D eigenvalue weighted by Crippen LogP contribution is 2.41. The van der Waals surface area contributed by atoms with E-state index in [1.807, 2.05) is 0 Å². The predicted molar refractivity (Wildman–Crippen MR) is 272 cm³/mol. The van der Waals surface area contributed by atoms with Crippen molar-refractivity contribution >= 4 is 60.4 Å². The second-order valence-electron chi connectivity index (χ2n) is 16.5. The fourth-order valence-corrected chi connectivity index (χ4v) is 9.64. The first kappa shape index (κ1) is 37.3. The number of rotatable bonds is 8. The predicted octanol–water partition coefficient (Wildman–Crippen LogP) is 17.2. The Hall–Kier alpha value is -8.46. The van der Waals surface area contributed by atoms with Gasteiger partial charge in [-0.1, -0.05) is 194 Å². The average molecular weight is 815 g/mol. The maximum absolute atomic E-state index is 2.41. The van der Waals surface area contributed by atoms with Gasteiger partial charge in [0.05, 0.1) is 16.7 Å². The molecular formula is C62H42N2. The molecule has 300 valence electrons. The summed E-state index contributed by atoms with van der Waals surface area (Å²) in [7, 11) is 0. The summed E-state index contributed by atoms with van der Waals surface area (Å²) < 4.78 is 2.41. The smallest absolute Gasteiger partial charge is 0.0541 e. The third kappa shape index (κ3) is 6.61. The van der Waals surface area contributed by atoms with Gasteiger partial charge < -0.3 is 9.47 Å². The topological polar surface area (TPSA) is 8.17 Å². The minimum Gasteiger partial charge on any atom is -0.310 e. The summed E-state index contributed by atoms with van der Waals surface area (Å²) in [5, 5.41) is 7.46. The number of aromatic nitrogens is 1. The van der Waals surface area contributed by atoms with E-state index >= 15 is 0 Å². The summed E-state index contributed by atoms with van der Waals surface area (Å²) >= 11 is 0. The van der Waals surface area contributed by atoms with E-state index in [-0.39, 0.29) is 0 Å². The second kappa shape index (κ2) is 15.8. The first-order chi connectivity index (χ1) is 31.7. The Bertz CT molecular complexity index is 3600. The van der Waals surface area contributed by atoms with Crippen LogP contribution in [0.3, 0.4) is 0 Å². The highest BCUT2D eigenvalue weighted by Gasteiger charge is 2.17. The van der Waals surface area contributed by atoms with Crippen LogP contribution in [0.25, 0.3) is 93.5 Å². The van der Waals surface area contributed by atoms with Crippen LogP contribution < -0.4 is 4.90 Å². The van der Waals surface area contributed by atoms with Crippen LogP contribution in [0.5, 0.6) is 0 Å². The lowest BCUT2D eigenvalue weighted by molar-refractivity contribution is 1.18. The monoisotopic (exact) mass is 814 g/mol. The van der Waals surface area contributed by atoms with Gasteiger partial charge in [0.2, 0.25) is 0 Å². The molecule has 0 saturated heterocycles. The van der Waals surface area contributed by atoms with Crippen LogP contribution in [0, 0.1) is 0 Å². The number of hydrogen-bond donors (Lipinski definition) is 0. The summed E-state index contributed by atoms with van der Waals surface area (Å²) in [6, 6.07) is 92.6. The molecule has 0 aliphatic rings. The Morgan fingerprint density at radius 3 is 1.27 bits per heavy atom. The van der Waals surface area contributed by atoms with Gasteiger partial charge in [0, 0.05) is 33.4 Å². The summed E-state index contributed by atoms with van der Waals surface area (Å²) in [6.07, 6.45) is 0. The maximum atomic E-state index is 2.41. The Balaban J connectivity index is 0.880. The molecule has 11 aromatic carbocycles. The van der Waals surface area contributed by atoms with E-state index in [1.165, 1.54) is 93.5 Å². The molecule has 0 amide bonds. The van der Waals surface area contributed by atoms with Gasteiger partial charge in [0.15, 0.2) is 0 Å². The van der Waals surface area contributed by atoms with E-state index in [1.54, 1.807) is 0 Å². The zero-order chi connectivity index (χ0) is 42.4. The standard InChI is InChI=1S/C62H42N2/c1-3-15-49-41-51(30-27-43(49)13-1)56-18-6-5-17-55(56)47-34-38-53(39-35-47)63(54-40-33-44-14-2-4-16-50(44)42-54)52-36-31-46(32-37-52)45-25-28-48(29-26-45)57-19-7-10-22-60(57)64-61-23-11-8-20-58(61)59-21-9-12-24-62(59)64/h1-42H. The Kier molecular flexibility index (Phi) is 9.20. The molecule has 0 spiro atoms. The van der Waals surface area contributed by atoms with Crippen LogP contribution in [0.1, 0.15) is 0 Å². The average Bonchev–Trinajstić information content (AvgIpc) is 3.71. The molecule has 2 nitrogen and oxygen atoms in total. The van der Waals surface area contributed by atoms with E-state index in [9.17, 15) is 0 Å². The van der Waals surface area contributed by atoms with Gasteiger partial charge in [-0.3, -0.25) is 0 Å². The minimum atomic E-state index is 1.10. The molecule has 12 aromatic rings. The third-order valence-corrected chi connectivity index (χ3v) is 12.8. The molecule has 0 fully saturated rings. The van der Waals surface area contributed by atoms with Crippen LogP contribution in [-0.4, -0.2) is 4.57 Å². The molecule has 1 aromatic heterocycles. The molecule has 1 heterocycles. The molecule has 12 rings (SSSR count). The SMILES string of the molecule is c1ccc(-c2ccc3ccccc3c2)c(-c2ccc(N(c3ccc(-c4ccc(-c5ccccc5-n5c6ccccc6c6ccccc65)cc4)cc3)c3ccc4ccccc4c3)cc2)c1. The van der Waals surface area contributed by atoms with Crippen LogP contribution >= 0.6 is 0 Å². The van der Waals surface area contributed by atoms with Crippen molar-refractivity contribution in [2.45, 2.75) is 0 Å². The largest absolute Gasteiger partial charge is 0.310 e. The number of nitrogens with zero attached hydrogens (tertiary/aromatic N) is 2. The van der Waals surface area contributed by atoms with Gasteiger partial charge in [-0.25, -0.2) is 0 Å². The number of benzene rings is 11. The Morgan fingerprint density at radius 2 is 0.641 bits per heavy atom. The Labute approximate surface area is 373 Å². The number of fused-ring (bicyclic) bond motifs is 5. The zero-order valence-corrected chi connectivity index (χ0v) is 35.1. The number of para-hydroxylation sites is 3. The van der Waals surface area contributed by atoms with Crippen molar-refractivity contribution in [2.75, 3.05) is 4.90 Å². The summed E-state index contributed by atoms with van der Waals surface area (Å²) in [5.41, 5.74) is 16.5. The Morgan fingerprint density at radius 1 is 0.250 bits per heavy atom. The lowest BCUT2D eigenvalue weighted by Gasteiger charge is -2.26. The first-order valence-electron chi connectivity index (χ1n) is 22.0. The van der Waals surface area contributed by atoms with Crippen molar-refractivity contribution in [2.24, 2.45) is 0 Å². The number of anilines is 3. The van der Waals surface area contributed by atoms with Gasteiger partial charge in [-0.2, -0.15) is 0 Å². The molecule has 0 radical (unpaired) electrons. The first-order valence-corrected chi connectivity index (χ1v) is 22.0. The van der Waals surface area contributed by atoms with Gasteiger partial charge in [0.25, 0.3) is 0 Å². The molecule has 2 heteroatoms. The van der Waals surface area contributed by atoms with Gasteiger partial charge in [-0.05, 0) is 121 Å². The molecule has 0 atom stereocenters. The third-order valence-electron chi connectivity index (χ3n) is 12.8. The van der Waals surface area contributed by atoms with E-state index in [2.05, 4.69) is 264 Å². The zero-order valence-electron chi connectivity index (χ0n) is 35.1. The van der Waals surface area contributed by atoms with E-state index in [0.29, 0.717) is 0 Å². The quantitative estimate of drug-likeness (QED) is 0.148. The van der Waals surface area contributed by atoms with Gasteiger partial charge >= 0.3 is 0 Å². The molecule has 0 bridgehead atoms. The summed E-state index contributed by atoms with van der Waals surface area (Å²) in [4.78, 5) is 2.37. The van der Waals surface area contributed by atoms with Crippen LogP contribution in [0.2, 0.25) is 0 Å². The van der Waals surface area contributed by atoms with Crippen molar-refractivity contribution in [1.82, 2.24) is 4.57 Å². The normalized spacial score (nSPS) is 11.4. The van der Waals surface area contributed by atoms with Gasteiger partial charge in [0.1, 0.15) is 0 Å². The molecular weight excluding hydrogens is 773 g/mol. The molecule has 64 heavy (non-hydrogen) atoms. The van der Waals surface area contributed by atoms with Crippen molar-refractivity contribution in [1.29, 1.82) is 0 Å². The van der Waals surface area contributed by atoms with E-state index in [0.717, 1.165) is 17.1 Å². The maximum Gasteiger partial charge on any atom is 0.0541 e. The molecule has 0 saturated carbocycles. The fourth-order valence-electron chi connectivity index (χ4n) is 9.64. The molecule has 0 unspecified atom stereocenters. The number of hydrogen-bond acceptors (Lipinski definition) is 1. The minimum absolute atomic E-state index is 1.10. The molecule has 0 N–H and O–H groups in total. The van der Waals surface area contributed by atoms with E-state index in [4.69, 9.17) is 0 Å². The van der Waals surface area contributed by atoms with Crippen molar-refractivity contribution in [3.8, 4) is 50.2 Å². The van der Waals surface area contributed by atoms with Crippen LogP contribution in [0.4, 0.5) is 17.1 Å². The fraction of sp³-hybridized carbons (Fsp3) is 0. The van der Waals surface area contributed by atoms with Crippen LogP contribution in [-0.2, 0) is 0 Å². The summed E-state index contributed by atoms with van der Waals surface area (Å²) in [6.45, 7) is 0. The van der Waals surface area contributed by atoms with Crippen molar-refractivity contribution in [3.63, 3.8) is 0 Å². The lowest BCUT2D eigenvalue weighted by Crippen LogP contribution is -2.09. The van der Waals surface area contributed by atoms with Crippen molar-refractivity contribution in [3.05, 3.63) is 255 Å². The van der Waals surface area contributed by atoms with E-state index < -0.39 is 0 Å². The molecule has 0 aliphatic carbocycles. The summed E-state index contributed by atoms with van der Waals surface area (Å²) in [5.74, 6) is 0. The second-order valence-corrected chi connectivity index (χ2v) is 16.5. The molecule has 0 aliphatic heterocycles. The van der Waals surface area contributed by atoms with Crippen LogP contribution in [0.15, 0.2) is 255 Å². The highest BCUT2D eigenvalue weighted by molar-refractivity contribution is 6.09. The van der Waals surface area contributed by atoms with Gasteiger partial charge in [-0.15, -0.1) is 0 Å². The highest BCUT2D eigenvalue weighted by atomic mass is 15.1. The van der Waals surface area contributed by atoms with Crippen molar-refractivity contribution < 1.29 is 0 Å².